The van der Waals surface area contributed by atoms with E-state index in [0.717, 1.165) is 12.2 Å². The van der Waals surface area contributed by atoms with Crippen molar-refractivity contribution < 1.29 is 0 Å². The van der Waals surface area contributed by atoms with E-state index in [9.17, 15) is 0 Å². The van der Waals surface area contributed by atoms with Gasteiger partial charge in [-0.3, -0.25) is 4.98 Å². The molecule has 0 aliphatic heterocycles. The van der Waals surface area contributed by atoms with Crippen LogP contribution in [0.4, 0.5) is 0 Å². The zero-order chi connectivity index (χ0) is 12.8. The average molecular weight is 252 g/mol. The van der Waals surface area contributed by atoms with Crippen LogP contribution in [0.15, 0.2) is 23.2 Å². The van der Waals surface area contributed by atoms with Crippen LogP contribution in [-0.4, -0.2) is 16.8 Å². The highest BCUT2D eigenvalue weighted by Gasteiger charge is 2.10. The van der Waals surface area contributed by atoms with Crippen molar-refractivity contribution in [2.75, 3.05) is 6.54 Å². The SMILES string of the molecule is CCNC(C)c1ccc(SC(C)C(C)C)cn1. The summed E-state index contributed by atoms with van der Waals surface area (Å²) in [6, 6.07) is 4.64. The first-order valence-electron chi connectivity index (χ1n) is 6.40. The lowest BCUT2D eigenvalue weighted by atomic mass is 10.2. The molecule has 0 fully saturated rings. The zero-order valence-electron chi connectivity index (χ0n) is 11.5. The highest BCUT2D eigenvalue weighted by molar-refractivity contribution is 8.00. The summed E-state index contributed by atoms with van der Waals surface area (Å²) < 4.78 is 0. The molecule has 0 aromatic carbocycles. The van der Waals surface area contributed by atoms with Gasteiger partial charge in [0.2, 0.25) is 0 Å². The molecule has 2 nitrogen and oxygen atoms in total. The molecule has 0 aliphatic carbocycles. The lowest BCUT2D eigenvalue weighted by Crippen LogP contribution is -2.18. The van der Waals surface area contributed by atoms with Crippen molar-refractivity contribution in [2.24, 2.45) is 5.92 Å². The maximum Gasteiger partial charge on any atom is 0.0571 e. The van der Waals surface area contributed by atoms with Gasteiger partial charge < -0.3 is 5.32 Å². The molecule has 1 N–H and O–H groups in total. The Hall–Kier alpha value is -0.540. The minimum Gasteiger partial charge on any atom is -0.309 e. The van der Waals surface area contributed by atoms with Crippen LogP contribution in [0.3, 0.4) is 0 Å². The van der Waals surface area contributed by atoms with Gasteiger partial charge in [0, 0.05) is 22.4 Å². The molecule has 0 saturated carbocycles. The van der Waals surface area contributed by atoms with Crippen LogP contribution in [0.2, 0.25) is 0 Å². The summed E-state index contributed by atoms with van der Waals surface area (Å²) in [6.07, 6.45) is 1.99. The molecular formula is C14H24N2S. The molecule has 0 amide bonds. The molecular weight excluding hydrogens is 228 g/mol. The largest absolute Gasteiger partial charge is 0.309 e. The number of rotatable bonds is 6. The third-order valence-corrected chi connectivity index (χ3v) is 4.40. The average Bonchev–Trinajstić information content (AvgIpc) is 2.30. The summed E-state index contributed by atoms with van der Waals surface area (Å²) in [5.74, 6) is 0.695. The zero-order valence-corrected chi connectivity index (χ0v) is 12.3. The molecule has 0 saturated heterocycles. The first kappa shape index (κ1) is 14.5. The van der Waals surface area contributed by atoms with E-state index in [4.69, 9.17) is 0 Å². The highest BCUT2D eigenvalue weighted by atomic mass is 32.2. The first-order chi connectivity index (χ1) is 8.04. The van der Waals surface area contributed by atoms with Crippen molar-refractivity contribution in [1.82, 2.24) is 10.3 Å². The summed E-state index contributed by atoms with van der Waals surface area (Å²) in [5.41, 5.74) is 1.12. The predicted molar refractivity (Wildman–Crippen MR) is 76.5 cm³/mol. The quantitative estimate of drug-likeness (QED) is 0.778. The maximum absolute atomic E-state index is 4.53. The molecule has 1 rings (SSSR count). The van der Waals surface area contributed by atoms with Crippen LogP contribution in [-0.2, 0) is 0 Å². The van der Waals surface area contributed by atoms with E-state index >= 15 is 0 Å². The van der Waals surface area contributed by atoms with Gasteiger partial charge >= 0.3 is 0 Å². The lowest BCUT2D eigenvalue weighted by Gasteiger charge is -2.16. The monoisotopic (exact) mass is 252 g/mol. The minimum atomic E-state index is 0.335. The van der Waals surface area contributed by atoms with Crippen LogP contribution in [0.5, 0.6) is 0 Å². The van der Waals surface area contributed by atoms with E-state index in [2.05, 4.69) is 57.1 Å². The Kier molecular flexibility index (Phi) is 6.00. The van der Waals surface area contributed by atoms with E-state index in [0.29, 0.717) is 17.2 Å². The normalized spacial score (nSPS) is 14.9. The van der Waals surface area contributed by atoms with Gasteiger partial charge in [0.05, 0.1) is 5.69 Å². The van der Waals surface area contributed by atoms with Crippen molar-refractivity contribution in [3.8, 4) is 0 Å². The fourth-order valence-electron chi connectivity index (χ4n) is 1.48. The third-order valence-electron chi connectivity index (χ3n) is 2.97. The number of thioether (sulfide) groups is 1. The van der Waals surface area contributed by atoms with Crippen molar-refractivity contribution in [3.63, 3.8) is 0 Å². The molecule has 96 valence electrons. The Morgan fingerprint density at radius 1 is 1.24 bits per heavy atom. The summed E-state index contributed by atoms with van der Waals surface area (Å²) in [6.45, 7) is 12.0. The second kappa shape index (κ2) is 7.02. The molecule has 0 spiro atoms. The van der Waals surface area contributed by atoms with E-state index in [1.165, 1.54) is 4.90 Å². The Morgan fingerprint density at radius 2 is 1.94 bits per heavy atom. The third kappa shape index (κ3) is 4.68. The van der Waals surface area contributed by atoms with Crippen molar-refractivity contribution >= 4 is 11.8 Å². The number of nitrogens with zero attached hydrogens (tertiary/aromatic N) is 1. The Balaban J connectivity index is 2.61. The Labute approximate surface area is 110 Å². The molecule has 1 heterocycles. The van der Waals surface area contributed by atoms with Crippen LogP contribution in [0.25, 0.3) is 0 Å². The summed E-state index contributed by atoms with van der Waals surface area (Å²) in [7, 11) is 0. The smallest absolute Gasteiger partial charge is 0.0571 e. The predicted octanol–water partition coefficient (Wildman–Crippen LogP) is 3.89. The molecule has 2 atom stereocenters. The van der Waals surface area contributed by atoms with Gasteiger partial charge in [-0.15, -0.1) is 11.8 Å². The van der Waals surface area contributed by atoms with E-state index < -0.39 is 0 Å². The summed E-state index contributed by atoms with van der Waals surface area (Å²) in [5, 5.41) is 4.00. The van der Waals surface area contributed by atoms with Crippen molar-refractivity contribution in [1.29, 1.82) is 0 Å². The van der Waals surface area contributed by atoms with Gasteiger partial charge in [0.25, 0.3) is 0 Å². The van der Waals surface area contributed by atoms with Crippen LogP contribution >= 0.6 is 11.8 Å². The Morgan fingerprint density at radius 3 is 2.41 bits per heavy atom. The van der Waals surface area contributed by atoms with E-state index in [1.54, 1.807) is 0 Å². The number of hydrogen-bond donors (Lipinski definition) is 1. The van der Waals surface area contributed by atoms with Gasteiger partial charge in [0.1, 0.15) is 0 Å². The summed E-state index contributed by atoms with van der Waals surface area (Å²) >= 11 is 1.90. The van der Waals surface area contributed by atoms with Gasteiger partial charge in [0.15, 0.2) is 0 Å². The molecule has 3 heteroatoms. The van der Waals surface area contributed by atoms with Crippen molar-refractivity contribution in [3.05, 3.63) is 24.0 Å². The molecule has 0 radical (unpaired) electrons. The molecule has 0 aliphatic rings. The lowest BCUT2D eigenvalue weighted by molar-refractivity contribution is 0.582. The minimum absolute atomic E-state index is 0.335. The van der Waals surface area contributed by atoms with Gasteiger partial charge in [-0.05, 0) is 31.5 Å². The Bertz CT molecular complexity index is 321. The van der Waals surface area contributed by atoms with Gasteiger partial charge in [-0.25, -0.2) is 0 Å². The fourth-order valence-corrected chi connectivity index (χ4v) is 2.44. The second-order valence-corrected chi connectivity index (χ2v) is 6.22. The molecule has 1 aromatic rings. The number of pyridine rings is 1. The van der Waals surface area contributed by atoms with Gasteiger partial charge in [-0.1, -0.05) is 27.7 Å². The van der Waals surface area contributed by atoms with E-state index in [1.807, 2.05) is 18.0 Å². The van der Waals surface area contributed by atoms with E-state index in [-0.39, 0.29) is 0 Å². The van der Waals surface area contributed by atoms with Gasteiger partial charge in [-0.2, -0.15) is 0 Å². The first-order valence-corrected chi connectivity index (χ1v) is 7.28. The van der Waals surface area contributed by atoms with Crippen LogP contribution in [0.1, 0.15) is 46.4 Å². The topological polar surface area (TPSA) is 24.9 Å². The van der Waals surface area contributed by atoms with Crippen LogP contribution < -0.4 is 5.32 Å². The van der Waals surface area contributed by atoms with Crippen molar-refractivity contribution in [2.45, 2.75) is 50.8 Å². The highest BCUT2D eigenvalue weighted by Crippen LogP contribution is 2.27. The standard InChI is InChI=1S/C14H24N2S/c1-6-15-11(4)14-8-7-13(9-16-14)17-12(5)10(2)3/h7-12,15H,6H2,1-5H3. The molecule has 2 unspecified atom stereocenters. The second-order valence-electron chi connectivity index (χ2n) is 4.77. The molecule has 1 aromatic heterocycles. The number of hydrogen-bond acceptors (Lipinski definition) is 3. The maximum atomic E-state index is 4.53. The summed E-state index contributed by atoms with van der Waals surface area (Å²) in [4.78, 5) is 5.79. The number of nitrogens with one attached hydrogen (secondary N) is 1. The van der Waals surface area contributed by atoms with Crippen LogP contribution in [0, 0.1) is 5.92 Å². The fraction of sp³-hybridized carbons (Fsp3) is 0.643. The number of aromatic nitrogens is 1. The molecule has 17 heavy (non-hydrogen) atoms. The molecule has 0 bridgehead atoms.